The zero-order valence-corrected chi connectivity index (χ0v) is 7.54. The lowest BCUT2D eigenvalue weighted by Gasteiger charge is -2.00. The van der Waals surface area contributed by atoms with E-state index in [1.54, 1.807) is 0 Å². The van der Waals surface area contributed by atoms with Gasteiger partial charge in [0.1, 0.15) is 0 Å². The van der Waals surface area contributed by atoms with Gasteiger partial charge in [-0.1, -0.05) is 13.8 Å². The molecule has 1 saturated carbocycles. The number of hydrogen-bond acceptors (Lipinski definition) is 2. The lowest BCUT2D eigenvalue weighted by Crippen LogP contribution is -1.91. The Morgan fingerprint density at radius 3 is 2.08 bits per heavy atom. The fourth-order valence-corrected chi connectivity index (χ4v) is 1.57. The van der Waals surface area contributed by atoms with Crippen LogP contribution < -0.4 is 0 Å². The van der Waals surface area contributed by atoms with Crippen molar-refractivity contribution in [1.82, 2.24) is 0 Å². The van der Waals surface area contributed by atoms with E-state index in [1.165, 1.54) is 6.42 Å². The average molecular weight is 166 g/mol. The molecule has 0 aromatic heterocycles. The summed E-state index contributed by atoms with van der Waals surface area (Å²) in [7, 11) is 0. The summed E-state index contributed by atoms with van der Waals surface area (Å²) >= 11 is 0. The van der Waals surface area contributed by atoms with Gasteiger partial charge in [-0.3, -0.25) is 0 Å². The molecule has 1 saturated heterocycles. The van der Waals surface area contributed by atoms with Gasteiger partial charge in [0.15, 0.2) is 11.5 Å². The van der Waals surface area contributed by atoms with E-state index in [-0.39, 0.29) is 0 Å². The highest BCUT2D eigenvalue weighted by Gasteiger charge is 2.40. The van der Waals surface area contributed by atoms with Crippen LogP contribution >= 0.6 is 0 Å². The maximum atomic E-state index is 5.22. The quantitative estimate of drug-likeness (QED) is 0.550. The fraction of sp³-hybridized carbons (Fsp3) is 0.600. The predicted octanol–water partition coefficient (Wildman–Crippen LogP) is 2.43. The van der Waals surface area contributed by atoms with Crippen LogP contribution in [0.2, 0.25) is 0 Å². The highest BCUT2D eigenvalue weighted by molar-refractivity contribution is 5.33. The molecule has 1 heterocycles. The Kier molecular flexibility index (Phi) is 1.83. The van der Waals surface area contributed by atoms with E-state index < -0.39 is 0 Å². The molecule has 3 rings (SSSR count). The molecule has 2 heteroatoms. The third kappa shape index (κ3) is 1.11. The Morgan fingerprint density at radius 2 is 1.58 bits per heavy atom. The molecule has 0 radical (unpaired) electrons. The summed E-state index contributed by atoms with van der Waals surface area (Å²) in [5.74, 6) is 3.47. The Hall–Kier alpha value is -0.920. The van der Waals surface area contributed by atoms with E-state index in [4.69, 9.17) is 9.47 Å². The SMILES string of the molecule is C1=C2OCOC2=CC2CC12.CC. The van der Waals surface area contributed by atoms with E-state index in [9.17, 15) is 0 Å². The van der Waals surface area contributed by atoms with Crippen molar-refractivity contribution < 1.29 is 9.47 Å². The highest BCUT2D eigenvalue weighted by Crippen LogP contribution is 2.47. The normalized spacial score (nSPS) is 33.8. The standard InChI is InChI=1S/C8H8O2.C2H6/c1-5-2-7-8(3-6(1)5)10-4-9-7;1-2/h2-3,5-6H,1,4H2;1-2H3. The molecule has 3 aliphatic rings. The van der Waals surface area contributed by atoms with Crippen LogP contribution in [0.15, 0.2) is 23.7 Å². The van der Waals surface area contributed by atoms with Gasteiger partial charge in [0.2, 0.25) is 6.79 Å². The summed E-state index contributed by atoms with van der Waals surface area (Å²) in [6.07, 6.45) is 5.67. The molecule has 0 aromatic carbocycles. The smallest absolute Gasteiger partial charge is 0.231 e. The largest absolute Gasteiger partial charge is 0.454 e. The van der Waals surface area contributed by atoms with Crippen molar-refractivity contribution >= 4 is 0 Å². The van der Waals surface area contributed by atoms with Gasteiger partial charge in [-0.15, -0.1) is 0 Å². The van der Waals surface area contributed by atoms with Gasteiger partial charge < -0.3 is 9.47 Å². The zero-order chi connectivity index (χ0) is 8.55. The van der Waals surface area contributed by atoms with Crippen LogP contribution in [0.3, 0.4) is 0 Å². The topological polar surface area (TPSA) is 18.5 Å². The van der Waals surface area contributed by atoms with Crippen LogP contribution in [-0.4, -0.2) is 6.79 Å². The van der Waals surface area contributed by atoms with Gasteiger partial charge >= 0.3 is 0 Å². The summed E-state index contributed by atoms with van der Waals surface area (Å²) < 4.78 is 10.4. The van der Waals surface area contributed by atoms with E-state index in [0.717, 1.165) is 23.4 Å². The van der Waals surface area contributed by atoms with E-state index in [0.29, 0.717) is 6.79 Å². The molecule has 2 atom stereocenters. The first-order valence-corrected chi connectivity index (χ1v) is 4.63. The minimum Gasteiger partial charge on any atom is -0.454 e. The molecule has 2 nitrogen and oxygen atoms in total. The highest BCUT2D eigenvalue weighted by atomic mass is 16.7. The molecule has 1 aliphatic heterocycles. The molecule has 0 bridgehead atoms. The number of fused-ring (bicyclic) bond motifs is 2. The maximum Gasteiger partial charge on any atom is 0.231 e. The molecule has 2 unspecified atom stereocenters. The Morgan fingerprint density at radius 1 is 1.08 bits per heavy atom. The second kappa shape index (κ2) is 2.85. The van der Waals surface area contributed by atoms with E-state index in [1.807, 2.05) is 13.8 Å². The van der Waals surface area contributed by atoms with Crippen LogP contribution in [0.25, 0.3) is 0 Å². The molecular weight excluding hydrogens is 152 g/mol. The van der Waals surface area contributed by atoms with Crippen molar-refractivity contribution in [2.24, 2.45) is 11.8 Å². The van der Waals surface area contributed by atoms with Crippen molar-refractivity contribution in [3.05, 3.63) is 23.7 Å². The summed E-state index contributed by atoms with van der Waals surface area (Å²) in [6.45, 7) is 4.41. The first-order valence-electron chi connectivity index (χ1n) is 4.63. The van der Waals surface area contributed by atoms with Crippen molar-refractivity contribution in [3.63, 3.8) is 0 Å². The summed E-state index contributed by atoms with van der Waals surface area (Å²) in [5.41, 5.74) is 0. The van der Waals surface area contributed by atoms with Crippen molar-refractivity contribution in [2.45, 2.75) is 20.3 Å². The number of ether oxygens (including phenoxy) is 2. The second-order valence-corrected chi connectivity index (χ2v) is 3.03. The summed E-state index contributed by atoms with van der Waals surface area (Å²) in [4.78, 5) is 0. The monoisotopic (exact) mass is 166 g/mol. The molecule has 0 spiro atoms. The summed E-state index contributed by atoms with van der Waals surface area (Å²) in [5, 5.41) is 0. The minimum atomic E-state index is 0.414. The van der Waals surface area contributed by atoms with Gasteiger partial charge in [0.25, 0.3) is 0 Å². The molecule has 2 aliphatic carbocycles. The first kappa shape index (κ1) is 7.71. The Bertz CT molecular complexity index is 216. The van der Waals surface area contributed by atoms with Gasteiger partial charge in [-0.25, -0.2) is 0 Å². The van der Waals surface area contributed by atoms with Gasteiger partial charge in [0, 0.05) is 0 Å². The second-order valence-electron chi connectivity index (χ2n) is 3.03. The average Bonchev–Trinajstić information content (AvgIpc) is 2.72. The molecule has 0 N–H and O–H groups in total. The minimum absolute atomic E-state index is 0.414. The third-order valence-corrected chi connectivity index (χ3v) is 2.29. The molecule has 66 valence electrons. The molecular formula is C10H14O2. The number of rotatable bonds is 0. The predicted molar refractivity (Wildman–Crippen MR) is 46.1 cm³/mol. The summed E-state index contributed by atoms with van der Waals surface area (Å²) in [6, 6.07) is 0. The Balaban J connectivity index is 0.000000264. The van der Waals surface area contributed by atoms with Gasteiger partial charge in [-0.2, -0.15) is 0 Å². The fourth-order valence-electron chi connectivity index (χ4n) is 1.57. The lowest BCUT2D eigenvalue weighted by molar-refractivity contribution is 0.0975. The number of allylic oxidation sites excluding steroid dienone is 2. The van der Waals surface area contributed by atoms with Crippen LogP contribution in [0.4, 0.5) is 0 Å². The van der Waals surface area contributed by atoms with E-state index in [2.05, 4.69) is 12.2 Å². The number of hydrogen-bond donors (Lipinski definition) is 0. The van der Waals surface area contributed by atoms with Crippen LogP contribution in [0, 0.1) is 11.8 Å². The first-order chi connectivity index (χ1) is 5.93. The molecule has 0 aromatic rings. The zero-order valence-electron chi connectivity index (χ0n) is 7.54. The molecule has 0 amide bonds. The van der Waals surface area contributed by atoms with Crippen molar-refractivity contribution in [2.75, 3.05) is 6.79 Å². The van der Waals surface area contributed by atoms with Gasteiger partial charge in [0.05, 0.1) is 0 Å². The van der Waals surface area contributed by atoms with Gasteiger partial charge in [-0.05, 0) is 30.4 Å². The third-order valence-electron chi connectivity index (χ3n) is 2.29. The van der Waals surface area contributed by atoms with Crippen LogP contribution in [0.5, 0.6) is 0 Å². The van der Waals surface area contributed by atoms with E-state index >= 15 is 0 Å². The maximum absolute atomic E-state index is 5.22. The van der Waals surface area contributed by atoms with Crippen molar-refractivity contribution in [3.8, 4) is 0 Å². The molecule has 2 fully saturated rings. The Labute approximate surface area is 72.9 Å². The lowest BCUT2D eigenvalue weighted by atomic mass is 10.1. The van der Waals surface area contributed by atoms with Crippen LogP contribution in [-0.2, 0) is 9.47 Å². The van der Waals surface area contributed by atoms with Crippen molar-refractivity contribution in [1.29, 1.82) is 0 Å². The molecule has 12 heavy (non-hydrogen) atoms. The van der Waals surface area contributed by atoms with Crippen LogP contribution in [0.1, 0.15) is 20.3 Å².